The van der Waals surface area contributed by atoms with Crippen LogP contribution in [0.4, 0.5) is 5.13 Å². The Morgan fingerprint density at radius 2 is 2.20 bits per heavy atom. The fraction of sp³-hybridized carbons (Fsp3) is 0.700. The number of thiazole rings is 1. The van der Waals surface area contributed by atoms with Crippen molar-refractivity contribution in [3.05, 3.63) is 9.98 Å². The number of nitrogens with two attached hydrogens (primary N) is 1. The molecule has 1 aromatic heterocycles. The predicted molar refractivity (Wildman–Crippen MR) is 68.3 cm³/mol. The van der Waals surface area contributed by atoms with E-state index in [1.807, 2.05) is 5.38 Å². The summed E-state index contributed by atoms with van der Waals surface area (Å²) in [5.41, 5.74) is 6.14. The number of halogens is 1. The molecule has 1 aliphatic rings. The van der Waals surface area contributed by atoms with Crippen LogP contribution >= 0.6 is 27.3 Å². The lowest BCUT2D eigenvalue weighted by Gasteiger charge is -2.22. The highest BCUT2D eigenvalue weighted by Gasteiger charge is 2.20. The van der Waals surface area contributed by atoms with Gasteiger partial charge in [-0.25, -0.2) is 4.98 Å². The quantitative estimate of drug-likeness (QED) is 0.823. The second-order valence-corrected chi connectivity index (χ2v) is 5.70. The number of rotatable bonds is 2. The molecule has 0 aromatic carbocycles. The Morgan fingerprint density at radius 1 is 1.40 bits per heavy atom. The standard InChI is InChI=1S/C10H16BrN3S/c11-9-6-15-10(14-9)13-8-5-3-1-2-4-7(8)12/h6-8H,1-5,12H2,(H,13,14). The molecule has 2 rings (SSSR count). The zero-order valence-corrected chi connectivity index (χ0v) is 11.0. The van der Waals surface area contributed by atoms with Crippen molar-refractivity contribution in [3.8, 4) is 0 Å². The van der Waals surface area contributed by atoms with Gasteiger partial charge in [-0.15, -0.1) is 11.3 Å². The number of nitrogens with one attached hydrogen (secondary N) is 1. The summed E-state index contributed by atoms with van der Waals surface area (Å²) < 4.78 is 0.900. The molecule has 0 amide bonds. The third-order valence-corrected chi connectivity index (χ3v) is 4.34. The average Bonchev–Trinajstić information content (AvgIpc) is 2.50. The van der Waals surface area contributed by atoms with E-state index in [-0.39, 0.29) is 6.04 Å². The van der Waals surface area contributed by atoms with Crippen LogP contribution in [0.15, 0.2) is 9.98 Å². The predicted octanol–water partition coefficient (Wildman–Crippen LogP) is 2.98. The summed E-state index contributed by atoms with van der Waals surface area (Å²) >= 11 is 4.98. The van der Waals surface area contributed by atoms with Crippen LogP contribution in [0.1, 0.15) is 32.1 Å². The van der Waals surface area contributed by atoms with Crippen LogP contribution in [0.5, 0.6) is 0 Å². The van der Waals surface area contributed by atoms with Crippen LogP contribution in [0, 0.1) is 0 Å². The Kier molecular flexibility index (Phi) is 3.99. The van der Waals surface area contributed by atoms with Crippen molar-refractivity contribution in [3.63, 3.8) is 0 Å². The number of nitrogens with zero attached hydrogens (tertiary/aromatic N) is 1. The third kappa shape index (κ3) is 3.16. The SMILES string of the molecule is NC1CCCCCC1Nc1nc(Br)cs1. The van der Waals surface area contributed by atoms with Gasteiger partial charge < -0.3 is 11.1 Å². The largest absolute Gasteiger partial charge is 0.357 e. The van der Waals surface area contributed by atoms with Gasteiger partial charge in [-0.2, -0.15) is 0 Å². The Morgan fingerprint density at radius 3 is 2.93 bits per heavy atom. The monoisotopic (exact) mass is 289 g/mol. The minimum absolute atomic E-state index is 0.273. The molecule has 5 heteroatoms. The normalized spacial score (nSPS) is 27.3. The van der Waals surface area contributed by atoms with Crippen molar-refractivity contribution < 1.29 is 0 Å². The van der Waals surface area contributed by atoms with E-state index in [0.29, 0.717) is 6.04 Å². The Labute approximate surface area is 103 Å². The van der Waals surface area contributed by atoms with E-state index in [4.69, 9.17) is 5.73 Å². The van der Waals surface area contributed by atoms with Crippen molar-refractivity contribution in [2.45, 2.75) is 44.2 Å². The second kappa shape index (κ2) is 5.27. The third-order valence-electron chi connectivity index (χ3n) is 2.85. The van der Waals surface area contributed by atoms with E-state index >= 15 is 0 Å². The number of aromatic nitrogens is 1. The maximum Gasteiger partial charge on any atom is 0.184 e. The molecule has 15 heavy (non-hydrogen) atoms. The average molecular weight is 290 g/mol. The molecule has 0 aliphatic heterocycles. The molecule has 84 valence electrons. The molecule has 1 saturated carbocycles. The van der Waals surface area contributed by atoms with Gasteiger partial charge in [-0.3, -0.25) is 0 Å². The molecular formula is C10H16BrN3S. The highest BCUT2D eigenvalue weighted by Crippen LogP contribution is 2.24. The molecule has 2 unspecified atom stereocenters. The maximum absolute atomic E-state index is 6.14. The van der Waals surface area contributed by atoms with E-state index in [0.717, 1.165) is 16.2 Å². The number of anilines is 1. The Hall–Kier alpha value is -0.130. The molecule has 0 bridgehead atoms. The van der Waals surface area contributed by atoms with Gasteiger partial charge in [0.1, 0.15) is 4.60 Å². The topological polar surface area (TPSA) is 50.9 Å². The molecular weight excluding hydrogens is 274 g/mol. The van der Waals surface area contributed by atoms with E-state index in [1.165, 1.54) is 25.7 Å². The van der Waals surface area contributed by atoms with Crippen LogP contribution in [-0.2, 0) is 0 Å². The van der Waals surface area contributed by atoms with Crippen LogP contribution in [0.3, 0.4) is 0 Å². The zero-order chi connectivity index (χ0) is 10.7. The first kappa shape index (κ1) is 11.4. The first-order valence-electron chi connectivity index (χ1n) is 5.39. The first-order chi connectivity index (χ1) is 7.25. The van der Waals surface area contributed by atoms with Gasteiger partial charge in [-0.1, -0.05) is 19.3 Å². The van der Waals surface area contributed by atoms with Gasteiger partial charge in [0, 0.05) is 17.5 Å². The molecule has 3 N–H and O–H groups in total. The molecule has 1 heterocycles. The fourth-order valence-electron chi connectivity index (χ4n) is 1.99. The summed E-state index contributed by atoms with van der Waals surface area (Å²) in [7, 11) is 0. The lowest BCUT2D eigenvalue weighted by atomic mass is 10.0. The smallest absolute Gasteiger partial charge is 0.184 e. The lowest BCUT2D eigenvalue weighted by Crippen LogP contribution is -2.39. The summed E-state index contributed by atoms with van der Waals surface area (Å²) in [6, 6.07) is 0.667. The second-order valence-electron chi connectivity index (χ2n) is 4.03. The van der Waals surface area contributed by atoms with Crippen LogP contribution in [0.2, 0.25) is 0 Å². The summed E-state index contributed by atoms with van der Waals surface area (Å²) in [4.78, 5) is 4.34. The summed E-state index contributed by atoms with van der Waals surface area (Å²) in [6.07, 6.45) is 6.15. The summed E-state index contributed by atoms with van der Waals surface area (Å²) in [5, 5.41) is 6.41. The molecule has 0 radical (unpaired) electrons. The van der Waals surface area contributed by atoms with Gasteiger partial charge in [0.15, 0.2) is 5.13 Å². The fourth-order valence-corrected chi connectivity index (χ4v) is 3.20. The van der Waals surface area contributed by atoms with E-state index < -0.39 is 0 Å². The minimum atomic E-state index is 0.273. The van der Waals surface area contributed by atoms with E-state index in [2.05, 4.69) is 26.2 Å². The lowest BCUT2D eigenvalue weighted by molar-refractivity contribution is 0.528. The van der Waals surface area contributed by atoms with Gasteiger partial charge in [-0.05, 0) is 28.8 Å². The summed E-state index contributed by atoms with van der Waals surface area (Å²) in [5.74, 6) is 0. The van der Waals surface area contributed by atoms with Crippen molar-refractivity contribution in [1.29, 1.82) is 0 Å². The molecule has 0 saturated heterocycles. The van der Waals surface area contributed by atoms with Gasteiger partial charge >= 0.3 is 0 Å². The van der Waals surface area contributed by atoms with Gasteiger partial charge in [0.25, 0.3) is 0 Å². The van der Waals surface area contributed by atoms with Gasteiger partial charge in [0.2, 0.25) is 0 Å². The molecule has 3 nitrogen and oxygen atoms in total. The van der Waals surface area contributed by atoms with E-state index in [1.54, 1.807) is 11.3 Å². The molecule has 0 spiro atoms. The summed E-state index contributed by atoms with van der Waals surface area (Å²) in [6.45, 7) is 0. The van der Waals surface area contributed by atoms with Crippen molar-refractivity contribution in [2.24, 2.45) is 5.73 Å². The van der Waals surface area contributed by atoms with Crippen molar-refractivity contribution in [2.75, 3.05) is 5.32 Å². The van der Waals surface area contributed by atoms with E-state index in [9.17, 15) is 0 Å². The highest BCUT2D eigenvalue weighted by atomic mass is 79.9. The minimum Gasteiger partial charge on any atom is -0.357 e. The first-order valence-corrected chi connectivity index (χ1v) is 7.06. The molecule has 1 aliphatic carbocycles. The highest BCUT2D eigenvalue weighted by molar-refractivity contribution is 9.10. The molecule has 1 aromatic rings. The van der Waals surface area contributed by atoms with Crippen molar-refractivity contribution >= 4 is 32.4 Å². The number of hydrogen-bond acceptors (Lipinski definition) is 4. The zero-order valence-electron chi connectivity index (χ0n) is 8.58. The Bertz CT molecular complexity index is 315. The van der Waals surface area contributed by atoms with Crippen LogP contribution < -0.4 is 11.1 Å². The molecule has 2 atom stereocenters. The van der Waals surface area contributed by atoms with Gasteiger partial charge in [0.05, 0.1) is 0 Å². The van der Waals surface area contributed by atoms with Crippen molar-refractivity contribution in [1.82, 2.24) is 4.98 Å². The van der Waals surface area contributed by atoms with Crippen LogP contribution in [0.25, 0.3) is 0 Å². The van der Waals surface area contributed by atoms with Crippen LogP contribution in [-0.4, -0.2) is 17.1 Å². The Balaban J connectivity index is 1.97. The maximum atomic E-state index is 6.14. The number of hydrogen-bond donors (Lipinski definition) is 2. The molecule has 1 fully saturated rings.